The van der Waals surface area contributed by atoms with E-state index in [0.717, 1.165) is 36.0 Å². The first-order valence-corrected chi connectivity index (χ1v) is 7.98. The van der Waals surface area contributed by atoms with Crippen LogP contribution in [0.1, 0.15) is 12.6 Å². The minimum Gasteiger partial charge on any atom is -0.337 e. The summed E-state index contributed by atoms with van der Waals surface area (Å²) >= 11 is 1.54. The number of nitrogens with zero attached hydrogens (tertiary/aromatic N) is 3. The van der Waals surface area contributed by atoms with Crippen LogP contribution in [0.3, 0.4) is 0 Å². The second-order valence-corrected chi connectivity index (χ2v) is 6.03. The first kappa shape index (κ1) is 19.8. The van der Waals surface area contributed by atoms with Gasteiger partial charge in [0.25, 0.3) is 0 Å². The zero-order valence-corrected chi connectivity index (χ0v) is 15.2. The SMILES string of the molecule is CC1CNCCN1C(=O)Cc1csc(-c2ccccn2)n1.Cl.Cl. The van der Waals surface area contributed by atoms with Gasteiger partial charge in [-0.2, -0.15) is 0 Å². The van der Waals surface area contributed by atoms with Crippen molar-refractivity contribution >= 4 is 42.1 Å². The van der Waals surface area contributed by atoms with Crippen LogP contribution in [0.5, 0.6) is 0 Å². The zero-order chi connectivity index (χ0) is 14.7. The molecule has 0 aliphatic carbocycles. The van der Waals surface area contributed by atoms with Gasteiger partial charge in [0.1, 0.15) is 5.01 Å². The summed E-state index contributed by atoms with van der Waals surface area (Å²) in [4.78, 5) is 23.1. The molecule has 2 aromatic heterocycles. The number of thiazole rings is 1. The monoisotopic (exact) mass is 374 g/mol. The molecule has 1 unspecified atom stereocenters. The molecule has 1 N–H and O–H groups in total. The predicted octanol–water partition coefficient (Wildman–Crippen LogP) is 2.41. The fourth-order valence-electron chi connectivity index (χ4n) is 2.46. The van der Waals surface area contributed by atoms with Gasteiger partial charge >= 0.3 is 0 Å². The van der Waals surface area contributed by atoms with E-state index in [1.54, 1.807) is 6.20 Å². The highest BCUT2D eigenvalue weighted by Gasteiger charge is 2.23. The van der Waals surface area contributed by atoms with Crippen LogP contribution < -0.4 is 5.32 Å². The van der Waals surface area contributed by atoms with Crippen LogP contribution >= 0.6 is 36.2 Å². The van der Waals surface area contributed by atoms with E-state index in [2.05, 4.69) is 22.2 Å². The van der Waals surface area contributed by atoms with Gasteiger partial charge in [-0.25, -0.2) is 4.98 Å². The number of hydrogen-bond acceptors (Lipinski definition) is 5. The second-order valence-electron chi connectivity index (χ2n) is 5.18. The van der Waals surface area contributed by atoms with Crippen molar-refractivity contribution in [2.24, 2.45) is 0 Å². The van der Waals surface area contributed by atoms with E-state index in [1.165, 1.54) is 11.3 Å². The van der Waals surface area contributed by atoms with Crippen molar-refractivity contribution < 1.29 is 4.79 Å². The van der Waals surface area contributed by atoms with Gasteiger partial charge in [-0.05, 0) is 19.1 Å². The summed E-state index contributed by atoms with van der Waals surface area (Å²) in [6.45, 7) is 4.58. The molecule has 0 spiro atoms. The molecule has 1 amide bonds. The predicted molar refractivity (Wildman–Crippen MR) is 97.6 cm³/mol. The Kier molecular flexibility index (Phi) is 7.91. The van der Waals surface area contributed by atoms with Gasteiger partial charge in [0.05, 0.1) is 17.8 Å². The van der Waals surface area contributed by atoms with Crippen molar-refractivity contribution in [3.8, 4) is 10.7 Å². The molecule has 1 aliphatic heterocycles. The summed E-state index contributed by atoms with van der Waals surface area (Å²) in [7, 11) is 0. The summed E-state index contributed by atoms with van der Waals surface area (Å²) in [6.07, 6.45) is 2.12. The maximum absolute atomic E-state index is 12.4. The number of piperazine rings is 1. The number of hydrogen-bond donors (Lipinski definition) is 1. The molecule has 0 bridgehead atoms. The molecule has 0 aromatic carbocycles. The molecule has 5 nitrogen and oxygen atoms in total. The van der Waals surface area contributed by atoms with E-state index in [0.29, 0.717) is 6.42 Å². The minimum absolute atomic E-state index is 0. The number of halogens is 2. The van der Waals surface area contributed by atoms with Crippen molar-refractivity contribution in [1.29, 1.82) is 0 Å². The molecule has 8 heteroatoms. The maximum atomic E-state index is 12.4. The van der Waals surface area contributed by atoms with E-state index in [-0.39, 0.29) is 36.8 Å². The third-order valence-corrected chi connectivity index (χ3v) is 4.50. The van der Waals surface area contributed by atoms with E-state index >= 15 is 0 Å². The Morgan fingerprint density at radius 3 is 2.96 bits per heavy atom. The van der Waals surface area contributed by atoms with Crippen LogP contribution in [0.2, 0.25) is 0 Å². The maximum Gasteiger partial charge on any atom is 0.228 e. The summed E-state index contributed by atoms with van der Waals surface area (Å²) < 4.78 is 0. The molecule has 0 radical (unpaired) electrons. The lowest BCUT2D eigenvalue weighted by atomic mass is 10.2. The zero-order valence-electron chi connectivity index (χ0n) is 12.8. The Morgan fingerprint density at radius 2 is 2.26 bits per heavy atom. The largest absolute Gasteiger partial charge is 0.337 e. The van der Waals surface area contributed by atoms with Crippen LogP contribution in [0.15, 0.2) is 29.8 Å². The molecule has 1 aliphatic rings. The van der Waals surface area contributed by atoms with E-state index < -0.39 is 0 Å². The molecule has 1 fully saturated rings. The third-order valence-electron chi connectivity index (χ3n) is 3.59. The van der Waals surface area contributed by atoms with E-state index in [9.17, 15) is 4.79 Å². The van der Waals surface area contributed by atoms with Crippen LogP contribution in [0.25, 0.3) is 10.7 Å². The summed E-state index contributed by atoms with van der Waals surface area (Å²) in [5, 5.41) is 6.11. The normalized spacial score (nSPS) is 17.1. The summed E-state index contributed by atoms with van der Waals surface area (Å²) in [5.74, 6) is 0.155. The summed E-state index contributed by atoms with van der Waals surface area (Å²) in [5.41, 5.74) is 1.69. The molecule has 126 valence electrons. The number of nitrogens with one attached hydrogen (secondary N) is 1. The van der Waals surface area contributed by atoms with Crippen molar-refractivity contribution in [3.05, 3.63) is 35.5 Å². The van der Waals surface area contributed by atoms with Gasteiger partial charge in [0.2, 0.25) is 5.91 Å². The molecule has 23 heavy (non-hydrogen) atoms. The standard InChI is InChI=1S/C15H18N4OS.2ClH/c1-11-9-16-6-7-19(11)14(20)8-12-10-21-15(18-12)13-4-2-3-5-17-13;;/h2-5,10-11,16H,6-9H2,1H3;2*1H. The fourth-order valence-corrected chi connectivity index (χ4v) is 3.26. The average molecular weight is 375 g/mol. The second kappa shape index (κ2) is 9.17. The van der Waals surface area contributed by atoms with Crippen LogP contribution in [0, 0.1) is 0 Å². The lowest BCUT2D eigenvalue weighted by Gasteiger charge is -2.33. The van der Waals surface area contributed by atoms with E-state index in [4.69, 9.17) is 0 Å². The number of aromatic nitrogens is 2. The molecule has 1 saturated heterocycles. The number of amides is 1. The van der Waals surface area contributed by atoms with Gasteiger partial charge in [-0.1, -0.05) is 6.07 Å². The highest BCUT2D eigenvalue weighted by Crippen LogP contribution is 2.22. The van der Waals surface area contributed by atoms with Crippen molar-refractivity contribution in [3.63, 3.8) is 0 Å². The lowest BCUT2D eigenvalue weighted by Crippen LogP contribution is -2.52. The Labute approximate surface area is 152 Å². The summed E-state index contributed by atoms with van der Waals surface area (Å²) in [6, 6.07) is 6.01. The van der Waals surface area contributed by atoms with Gasteiger partial charge in [-0.15, -0.1) is 36.2 Å². The number of rotatable bonds is 3. The molecule has 3 heterocycles. The van der Waals surface area contributed by atoms with Crippen LogP contribution in [-0.2, 0) is 11.2 Å². The Balaban J connectivity index is 0.00000132. The molecule has 3 rings (SSSR count). The topological polar surface area (TPSA) is 58.1 Å². The van der Waals surface area contributed by atoms with E-state index in [1.807, 2.05) is 28.5 Å². The molecular weight excluding hydrogens is 355 g/mol. The smallest absolute Gasteiger partial charge is 0.228 e. The van der Waals surface area contributed by atoms with Crippen molar-refractivity contribution in [2.45, 2.75) is 19.4 Å². The van der Waals surface area contributed by atoms with Crippen molar-refractivity contribution in [1.82, 2.24) is 20.2 Å². The number of carbonyl (C=O) groups is 1. The molecule has 1 atom stereocenters. The molecule has 2 aromatic rings. The van der Waals surface area contributed by atoms with Gasteiger partial charge in [0, 0.05) is 37.3 Å². The van der Waals surface area contributed by atoms with Gasteiger partial charge in [0.15, 0.2) is 0 Å². The Hall–Kier alpha value is -1.21. The van der Waals surface area contributed by atoms with Crippen molar-refractivity contribution in [2.75, 3.05) is 19.6 Å². The lowest BCUT2D eigenvalue weighted by molar-refractivity contribution is -0.133. The van der Waals surface area contributed by atoms with Gasteiger partial charge < -0.3 is 10.2 Å². The number of carbonyl (C=O) groups excluding carboxylic acids is 1. The highest BCUT2D eigenvalue weighted by atomic mass is 35.5. The van der Waals surface area contributed by atoms with Crippen LogP contribution in [-0.4, -0.2) is 46.5 Å². The van der Waals surface area contributed by atoms with Gasteiger partial charge in [-0.3, -0.25) is 9.78 Å². The fraction of sp³-hybridized carbons (Fsp3) is 0.400. The van der Waals surface area contributed by atoms with Crippen LogP contribution in [0.4, 0.5) is 0 Å². The molecule has 0 saturated carbocycles. The third kappa shape index (κ3) is 4.88. The Morgan fingerprint density at radius 1 is 1.43 bits per heavy atom. The average Bonchev–Trinajstić information content (AvgIpc) is 2.97. The quantitative estimate of drug-likeness (QED) is 0.895. The molecular formula is C15H20Cl2N4OS. The first-order chi connectivity index (χ1) is 10.2. The first-order valence-electron chi connectivity index (χ1n) is 7.10. The Bertz CT molecular complexity index is 623. The number of pyridine rings is 1. The minimum atomic E-state index is 0. The highest BCUT2D eigenvalue weighted by molar-refractivity contribution is 7.13.